The third-order valence-electron chi connectivity index (χ3n) is 1.88. The molecule has 0 saturated carbocycles. The fourth-order valence-corrected chi connectivity index (χ4v) is 1.93. The number of azide groups is 1. The normalized spacial score (nSPS) is 11.2. The predicted octanol–water partition coefficient (Wildman–Crippen LogP) is 1.58. The van der Waals surface area contributed by atoms with Crippen LogP contribution in [-0.4, -0.2) is 31.9 Å². The Kier molecular flexibility index (Phi) is 3.38. The van der Waals surface area contributed by atoms with Crippen molar-refractivity contribution in [2.24, 2.45) is 5.11 Å². The van der Waals surface area contributed by atoms with E-state index in [1.807, 2.05) is 0 Å². The minimum absolute atomic E-state index is 0.0137. The van der Waals surface area contributed by atoms with E-state index in [1.165, 1.54) is 26.2 Å². The quantitative estimate of drug-likeness (QED) is 0.494. The highest BCUT2D eigenvalue weighted by molar-refractivity contribution is 7.89. The molecule has 0 saturated heterocycles. The van der Waals surface area contributed by atoms with E-state index in [4.69, 9.17) is 5.53 Å². The topological polar surface area (TPSA) is 106 Å². The van der Waals surface area contributed by atoms with Crippen LogP contribution < -0.4 is 0 Å². The van der Waals surface area contributed by atoms with Crippen LogP contribution in [0, 0.1) is 0 Å². The zero-order chi connectivity index (χ0) is 12.3. The first-order valence-electron chi connectivity index (χ1n) is 4.20. The van der Waals surface area contributed by atoms with E-state index in [0.717, 1.165) is 10.4 Å². The summed E-state index contributed by atoms with van der Waals surface area (Å²) >= 11 is 0. The number of phenols is 1. The van der Waals surface area contributed by atoms with Gasteiger partial charge in [-0.25, -0.2) is 12.7 Å². The Morgan fingerprint density at radius 1 is 1.44 bits per heavy atom. The lowest BCUT2D eigenvalue weighted by atomic mass is 10.3. The minimum atomic E-state index is -3.59. The van der Waals surface area contributed by atoms with E-state index in [9.17, 15) is 13.5 Å². The van der Waals surface area contributed by atoms with Crippen molar-refractivity contribution in [3.63, 3.8) is 0 Å². The molecule has 0 atom stereocenters. The van der Waals surface area contributed by atoms with Crippen LogP contribution in [0.15, 0.2) is 28.2 Å². The second-order valence-corrected chi connectivity index (χ2v) is 5.28. The first-order valence-corrected chi connectivity index (χ1v) is 5.64. The maximum Gasteiger partial charge on any atom is 0.242 e. The molecule has 0 spiro atoms. The van der Waals surface area contributed by atoms with Gasteiger partial charge in [0.15, 0.2) is 0 Å². The molecule has 1 aromatic rings. The number of aromatic hydroxyl groups is 1. The second-order valence-electron chi connectivity index (χ2n) is 3.13. The van der Waals surface area contributed by atoms with E-state index in [1.54, 1.807) is 0 Å². The molecular weight excluding hydrogens is 232 g/mol. The van der Waals surface area contributed by atoms with E-state index < -0.39 is 10.0 Å². The molecule has 1 aromatic carbocycles. The molecule has 0 fully saturated rings. The van der Waals surface area contributed by atoms with Crippen LogP contribution in [0.1, 0.15) is 0 Å². The predicted molar refractivity (Wildman–Crippen MR) is 57.8 cm³/mol. The summed E-state index contributed by atoms with van der Waals surface area (Å²) in [6, 6.07) is 3.55. The van der Waals surface area contributed by atoms with Gasteiger partial charge in [-0.2, -0.15) is 0 Å². The van der Waals surface area contributed by atoms with Crippen LogP contribution in [-0.2, 0) is 10.0 Å². The smallest absolute Gasteiger partial charge is 0.242 e. The zero-order valence-electron chi connectivity index (χ0n) is 8.69. The minimum Gasteiger partial charge on any atom is -0.507 e. The molecule has 86 valence electrons. The van der Waals surface area contributed by atoms with Crippen molar-refractivity contribution in [1.82, 2.24) is 4.31 Å². The van der Waals surface area contributed by atoms with Crippen molar-refractivity contribution in [2.75, 3.05) is 14.1 Å². The van der Waals surface area contributed by atoms with E-state index in [-0.39, 0.29) is 16.3 Å². The van der Waals surface area contributed by atoms with Crippen molar-refractivity contribution < 1.29 is 13.5 Å². The number of benzene rings is 1. The Morgan fingerprint density at radius 2 is 2.06 bits per heavy atom. The van der Waals surface area contributed by atoms with Gasteiger partial charge in [-0.3, -0.25) is 0 Å². The molecule has 0 aliphatic heterocycles. The molecule has 0 aliphatic rings. The van der Waals surface area contributed by atoms with Gasteiger partial charge in [-0.05, 0) is 17.7 Å². The first-order chi connectivity index (χ1) is 7.39. The maximum atomic E-state index is 11.7. The summed E-state index contributed by atoms with van der Waals surface area (Å²) in [5, 5.41) is 12.6. The average molecular weight is 242 g/mol. The summed E-state index contributed by atoms with van der Waals surface area (Å²) in [4.78, 5) is 2.44. The Balaban J connectivity index is 3.32. The van der Waals surface area contributed by atoms with Crippen molar-refractivity contribution >= 4 is 15.7 Å². The lowest BCUT2D eigenvalue weighted by molar-refractivity contribution is 0.473. The van der Waals surface area contributed by atoms with Gasteiger partial charge < -0.3 is 5.11 Å². The molecule has 0 aromatic heterocycles. The van der Waals surface area contributed by atoms with E-state index >= 15 is 0 Å². The summed E-state index contributed by atoms with van der Waals surface area (Å²) < 4.78 is 24.4. The number of hydrogen-bond donors (Lipinski definition) is 1. The van der Waals surface area contributed by atoms with Gasteiger partial charge in [0.2, 0.25) is 10.0 Å². The summed E-state index contributed by atoms with van der Waals surface area (Å²) in [6.07, 6.45) is 0. The number of phenolic OH excluding ortho intramolecular Hbond substituents is 1. The largest absolute Gasteiger partial charge is 0.507 e. The standard InChI is InChI=1S/C8H10N4O3S/c1-12(2)16(14,15)6-3-4-7(10-11-9)8(13)5-6/h3-5,13H,1-2H3. The molecule has 0 radical (unpaired) electrons. The third-order valence-corrected chi connectivity index (χ3v) is 3.69. The summed E-state index contributed by atoms with van der Waals surface area (Å²) in [6.45, 7) is 0. The molecule has 7 nitrogen and oxygen atoms in total. The lowest BCUT2D eigenvalue weighted by Crippen LogP contribution is -2.22. The number of nitrogens with zero attached hydrogens (tertiary/aromatic N) is 4. The highest BCUT2D eigenvalue weighted by Gasteiger charge is 2.18. The molecule has 0 heterocycles. The maximum absolute atomic E-state index is 11.7. The molecule has 1 rings (SSSR count). The molecule has 16 heavy (non-hydrogen) atoms. The zero-order valence-corrected chi connectivity index (χ0v) is 9.51. The van der Waals surface area contributed by atoms with Gasteiger partial charge in [0.05, 0.1) is 10.6 Å². The van der Waals surface area contributed by atoms with Crippen molar-refractivity contribution in [3.05, 3.63) is 28.6 Å². The number of hydrogen-bond acceptors (Lipinski definition) is 4. The fourth-order valence-electron chi connectivity index (χ4n) is 1.01. The lowest BCUT2D eigenvalue weighted by Gasteiger charge is -2.11. The highest BCUT2D eigenvalue weighted by Crippen LogP contribution is 2.29. The summed E-state index contributed by atoms with van der Waals surface area (Å²) in [5.41, 5.74) is 8.17. The van der Waals surface area contributed by atoms with Gasteiger partial charge in [0.25, 0.3) is 0 Å². The molecule has 0 amide bonds. The van der Waals surface area contributed by atoms with Crippen LogP contribution in [0.3, 0.4) is 0 Å². The molecule has 1 N–H and O–H groups in total. The number of sulfonamides is 1. The van der Waals surface area contributed by atoms with Crippen LogP contribution in [0.25, 0.3) is 10.4 Å². The Morgan fingerprint density at radius 3 is 2.50 bits per heavy atom. The van der Waals surface area contributed by atoms with Crippen LogP contribution in [0.2, 0.25) is 0 Å². The van der Waals surface area contributed by atoms with Gasteiger partial charge >= 0.3 is 0 Å². The van der Waals surface area contributed by atoms with Crippen LogP contribution in [0.5, 0.6) is 5.75 Å². The molecule has 0 unspecified atom stereocenters. The SMILES string of the molecule is CN(C)S(=O)(=O)c1ccc(N=[N+]=[N-])c(O)c1. The van der Waals surface area contributed by atoms with Crippen LogP contribution >= 0.6 is 0 Å². The van der Waals surface area contributed by atoms with Gasteiger partial charge in [-0.15, -0.1) is 0 Å². The summed E-state index contributed by atoms with van der Waals surface area (Å²) in [7, 11) is -0.827. The van der Waals surface area contributed by atoms with Crippen molar-refractivity contribution in [3.8, 4) is 5.75 Å². The van der Waals surface area contributed by atoms with E-state index in [0.29, 0.717) is 0 Å². The average Bonchev–Trinajstić information content (AvgIpc) is 2.21. The third kappa shape index (κ3) is 2.25. The van der Waals surface area contributed by atoms with Crippen molar-refractivity contribution in [2.45, 2.75) is 4.90 Å². The van der Waals surface area contributed by atoms with E-state index in [2.05, 4.69) is 10.0 Å². The van der Waals surface area contributed by atoms with Gasteiger partial charge in [-0.1, -0.05) is 5.11 Å². The fraction of sp³-hybridized carbons (Fsp3) is 0.250. The second kappa shape index (κ2) is 4.40. The van der Waals surface area contributed by atoms with Gasteiger partial charge in [0.1, 0.15) is 5.75 Å². The molecule has 8 heteroatoms. The molecule has 0 aliphatic carbocycles. The molecule has 0 bridgehead atoms. The van der Waals surface area contributed by atoms with Crippen molar-refractivity contribution in [1.29, 1.82) is 0 Å². The summed E-state index contributed by atoms with van der Waals surface area (Å²) in [5.74, 6) is -0.374. The first kappa shape index (κ1) is 12.3. The Hall–Kier alpha value is -1.76. The Bertz CT molecular complexity index is 546. The van der Waals surface area contributed by atoms with Crippen LogP contribution in [0.4, 0.5) is 5.69 Å². The highest BCUT2D eigenvalue weighted by atomic mass is 32.2. The number of rotatable bonds is 3. The monoisotopic (exact) mass is 242 g/mol. The Labute approximate surface area is 92.6 Å². The molecular formula is C8H10N4O3S. The van der Waals surface area contributed by atoms with Gasteiger partial charge in [0, 0.05) is 25.1 Å².